The minimum Gasteiger partial charge on any atom is -0.503 e. The molecule has 0 saturated heterocycles. The number of hydrogen-bond acceptors (Lipinski definition) is 4. The molecule has 291 valence electrons. The molecule has 0 unspecified atom stereocenters. The van der Waals surface area contributed by atoms with Gasteiger partial charge in [0.25, 0.3) is 0 Å². The maximum atomic E-state index is 6.61. The van der Waals surface area contributed by atoms with Gasteiger partial charge in [-0.05, 0) is 115 Å². The van der Waals surface area contributed by atoms with Crippen molar-refractivity contribution in [3.05, 3.63) is 185 Å². The molecule has 8 aromatic rings. The van der Waals surface area contributed by atoms with Crippen LogP contribution in [0.3, 0.4) is 0 Å². The Bertz CT molecular complexity index is 2850. The monoisotopic (exact) mass is 943 g/mol. The summed E-state index contributed by atoms with van der Waals surface area (Å²) in [7, 11) is 0. The molecule has 59 heavy (non-hydrogen) atoms. The molecule has 0 aliphatic carbocycles. The molecule has 2 aliphatic rings. The van der Waals surface area contributed by atoms with Gasteiger partial charge in [-0.1, -0.05) is 126 Å². The Kier molecular flexibility index (Phi) is 11.0. The van der Waals surface area contributed by atoms with Gasteiger partial charge in [0.1, 0.15) is 11.5 Å². The fraction of sp³-hybridized carbons (Fsp3) is 0.132. The van der Waals surface area contributed by atoms with Crippen molar-refractivity contribution in [1.29, 1.82) is 0 Å². The van der Waals surface area contributed by atoms with Crippen LogP contribution in [0.2, 0.25) is 0 Å². The quantitative estimate of drug-likeness (QED) is 0.130. The summed E-state index contributed by atoms with van der Waals surface area (Å²) in [4.78, 5) is 9.41. The average molecular weight is 943 g/mol. The van der Waals surface area contributed by atoms with Gasteiger partial charge in [0, 0.05) is 44.0 Å². The first kappa shape index (κ1) is 39.7. The van der Waals surface area contributed by atoms with Gasteiger partial charge in [0.2, 0.25) is 6.71 Å². The van der Waals surface area contributed by atoms with Crippen molar-refractivity contribution < 1.29 is 29.6 Å². The summed E-state index contributed by atoms with van der Waals surface area (Å²) in [6, 6.07) is 48.8. The van der Waals surface area contributed by atoms with Crippen LogP contribution in [0.5, 0.6) is 23.0 Å². The Morgan fingerprint density at radius 1 is 0.508 bits per heavy atom. The molecule has 4 nitrogen and oxygen atoms in total. The molecule has 2 aromatic heterocycles. The van der Waals surface area contributed by atoms with Crippen LogP contribution in [0.4, 0.5) is 0 Å². The van der Waals surface area contributed by atoms with Crippen molar-refractivity contribution in [3.63, 3.8) is 0 Å². The van der Waals surface area contributed by atoms with E-state index in [1.807, 2.05) is 48.8 Å². The number of aryl methyl sites for hydroxylation is 7. The van der Waals surface area contributed by atoms with Crippen molar-refractivity contribution in [3.8, 4) is 67.8 Å². The summed E-state index contributed by atoms with van der Waals surface area (Å²) in [6.45, 7) is 15.0. The van der Waals surface area contributed by atoms with Crippen molar-refractivity contribution >= 4 is 23.1 Å². The minimum absolute atomic E-state index is 0. The van der Waals surface area contributed by atoms with Gasteiger partial charge >= 0.3 is 0 Å². The van der Waals surface area contributed by atoms with E-state index in [1.54, 1.807) is 0 Å². The smallest absolute Gasteiger partial charge is 0.239 e. The number of benzene rings is 6. The average Bonchev–Trinajstić information content (AvgIpc) is 3.23. The second kappa shape index (κ2) is 16.3. The molecule has 6 heteroatoms. The second-order valence-electron chi connectivity index (χ2n) is 15.6. The molecule has 1 radical (unpaired) electrons. The summed E-state index contributed by atoms with van der Waals surface area (Å²) < 4.78 is 13.0. The maximum absolute atomic E-state index is 6.61. The zero-order chi connectivity index (χ0) is 40.1. The van der Waals surface area contributed by atoms with E-state index < -0.39 is 0 Å². The maximum Gasteiger partial charge on any atom is 0.239 e. The Hall–Kier alpha value is -6.07. The number of ether oxygens (including phenoxy) is 2. The number of nitrogens with zero attached hydrogens (tertiary/aromatic N) is 2. The van der Waals surface area contributed by atoms with Crippen LogP contribution in [0.1, 0.15) is 38.9 Å². The van der Waals surface area contributed by atoms with Gasteiger partial charge in [-0.2, -0.15) is 0 Å². The Labute approximate surface area is 361 Å². The number of aromatic nitrogens is 2. The summed E-state index contributed by atoms with van der Waals surface area (Å²) in [5, 5.41) is 0. The van der Waals surface area contributed by atoms with E-state index in [0.29, 0.717) is 0 Å². The number of hydrogen-bond donors (Lipinski definition) is 0. The molecule has 0 saturated carbocycles. The number of pyridine rings is 2. The summed E-state index contributed by atoms with van der Waals surface area (Å²) in [5.74, 6) is 3.30. The van der Waals surface area contributed by atoms with E-state index in [9.17, 15) is 0 Å². The van der Waals surface area contributed by atoms with Crippen LogP contribution in [0.15, 0.2) is 134 Å². The number of para-hydroxylation sites is 2. The van der Waals surface area contributed by atoms with Gasteiger partial charge in [-0.15, -0.1) is 41.5 Å². The van der Waals surface area contributed by atoms with E-state index in [4.69, 9.17) is 14.5 Å². The third-order valence-corrected chi connectivity index (χ3v) is 11.5. The van der Waals surface area contributed by atoms with E-state index in [1.165, 1.54) is 55.6 Å². The first-order valence-electron chi connectivity index (χ1n) is 19.8. The molecular weight excluding hydrogens is 900 g/mol. The van der Waals surface area contributed by atoms with Crippen molar-refractivity contribution in [2.24, 2.45) is 0 Å². The normalized spacial score (nSPS) is 11.7. The second-order valence-corrected chi connectivity index (χ2v) is 15.6. The zero-order valence-corrected chi connectivity index (χ0v) is 36.7. The fourth-order valence-electron chi connectivity index (χ4n) is 8.46. The molecule has 0 atom stereocenters. The zero-order valence-electron chi connectivity index (χ0n) is 34.3. The standard InChI is InChI=1S/C33H25BNO2.C20H18N.Ir/c1-19-15-20(2)31(21(3)16-19)24-17-27(35-18-22(24)4)23-13-14-30-32-33(23)37-29-12-8-6-10-26(29)34(32)25-9-5-7-11-28(25)36-30;1-14-9-10-18(20-11-15(2)16(3)13-21-20)12-19(14)17-7-5-4-6-8-17;/h5-12,14-18H,1-4H3;4-9,11-13H,1-3H3;/q2*-1;. The van der Waals surface area contributed by atoms with Crippen LogP contribution in [0, 0.1) is 60.6 Å². The molecule has 0 spiro atoms. The molecule has 0 N–H and O–H groups in total. The van der Waals surface area contributed by atoms with Gasteiger partial charge < -0.3 is 19.4 Å². The molecular formula is C53H43BIrN2O2-2. The number of fused-ring (bicyclic) bond motifs is 4. The summed E-state index contributed by atoms with van der Waals surface area (Å²) in [5.41, 5.74) is 20.6. The van der Waals surface area contributed by atoms with Crippen LogP contribution in [-0.2, 0) is 20.1 Å². The topological polar surface area (TPSA) is 44.2 Å². The van der Waals surface area contributed by atoms with Crippen LogP contribution in [0.25, 0.3) is 44.8 Å². The Morgan fingerprint density at radius 2 is 1.14 bits per heavy atom. The van der Waals surface area contributed by atoms with E-state index in [2.05, 4.69) is 151 Å². The van der Waals surface area contributed by atoms with Gasteiger partial charge in [-0.3, -0.25) is 0 Å². The molecule has 10 rings (SSSR count). The first-order valence-corrected chi connectivity index (χ1v) is 19.8. The molecule has 4 heterocycles. The third kappa shape index (κ3) is 7.44. The largest absolute Gasteiger partial charge is 0.503 e. The van der Waals surface area contributed by atoms with E-state index >= 15 is 0 Å². The van der Waals surface area contributed by atoms with E-state index in [-0.39, 0.29) is 26.8 Å². The molecule has 2 aliphatic heterocycles. The predicted molar refractivity (Wildman–Crippen MR) is 239 cm³/mol. The van der Waals surface area contributed by atoms with E-state index in [0.717, 1.165) is 67.5 Å². The van der Waals surface area contributed by atoms with Crippen molar-refractivity contribution in [2.45, 2.75) is 48.5 Å². The molecule has 0 amide bonds. The predicted octanol–water partition coefficient (Wildman–Crippen LogP) is 11.3. The van der Waals surface area contributed by atoms with Gasteiger partial charge in [0.15, 0.2) is 0 Å². The van der Waals surface area contributed by atoms with Crippen LogP contribution in [-0.4, -0.2) is 16.7 Å². The Balaban J connectivity index is 0.000000188. The fourth-order valence-corrected chi connectivity index (χ4v) is 8.46. The van der Waals surface area contributed by atoms with Gasteiger partial charge in [-0.25, -0.2) is 0 Å². The van der Waals surface area contributed by atoms with Crippen molar-refractivity contribution in [1.82, 2.24) is 9.97 Å². The third-order valence-electron chi connectivity index (χ3n) is 11.5. The first-order chi connectivity index (χ1) is 28.1. The molecule has 0 bridgehead atoms. The summed E-state index contributed by atoms with van der Waals surface area (Å²) >= 11 is 0. The van der Waals surface area contributed by atoms with Crippen LogP contribution < -0.4 is 25.9 Å². The van der Waals surface area contributed by atoms with Crippen molar-refractivity contribution in [2.75, 3.05) is 0 Å². The SMILES string of the molecule is Cc1cc(C)c(-c2cc(-c3[c-]cc4c5c3Oc3ccccc3B5c3ccccc3O4)ncc2C)c(C)c1.Cc1cnc(-c2[c-]cc(C)c(-c3ccccc3)c2)cc1C.[Ir]. The van der Waals surface area contributed by atoms with Crippen LogP contribution >= 0.6 is 0 Å². The Morgan fingerprint density at radius 3 is 1.83 bits per heavy atom. The molecule has 0 fully saturated rings. The summed E-state index contributed by atoms with van der Waals surface area (Å²) in [6.07, 6.45) is 3.89. The number of rotatable bonds is 4. The van der Waals surface area contributed by atoms with Gasteiger partial charge in [0.05, 0.1) is 0 Å². The molecule has 6 aromatic carbocycles. The minimum atomic E-state index is 0.